The van der Waals surface area contributed by atoms with Crippen LogP contribution in [0.25, 0.3) is 0 Å². The Hall–Kier alpha value is -1.66. The average Bonchev–Trinajstić information content (AvgIpc) is 3.20. The first kappa shape index (κ1) is 54.3. The maximum atomic E-state index is 12.4. The van der Waals surface area contributed by atoms with Crippen molar-refractivity contribution in [3.8, 4) is 0 Å². The molecule has 56 heavy (non-hydrogen) atoms. The van der Waals surface area contributed by atoms with E-state index in [0.29, 0.717) is 19.4 Å². The van der Waals surface area contributed by atoms with Crippen LogP contribution < -0.4 is 5.32 Å². The van der Waals surface area contributed by atoms with Crippen molar-refractivity contribution in [2.24, 2.45) is 0 Å². The van der Waals surface area contributed by atoms with E-state index >= 15 is 0 Å². The fourth-order valence-corrected chi connectivity index (χ4v) is 7.39. The number of rotatable bonds is 45. The molecule has 0 saturated heterocycles. The molecule has 0 aliphatic rings. The molecule has 3 N–H and O–H groups in total. The SMILES string of the molecule is CCCCCCCC/C=C\CCCCCCCC(=O)OCCCCCCCCCCCCCCC(=O)NC(CO)C(O)/C=C/CCCCCCCCCCCC. The fourth-order valence-electron chi connectivity index (χ4n) is 7.39. The number of ether oxygens (including phenoxy) is 1. The highest BCUT2D eigenvalue weighted by molar-refractivity contribution is 5.76. The third kappa shape index (κ3) is 42.0. The summed E-state index contributed by atoms with van der Waals surface area (Å²) >= 11 is 0. The van der Waals surface area contributed by atoms with Gasteiger partial charge in [0, 0.05) is 12.8 Å². The molecule has 1 amide bonds. The van der Waals surface area contributed by atoms with E-state index in [-0.39, 0.29) is 18.5 Å². The first-order valence-corrected chi connectivity index (χ1v) is 24.6. The highest BCUT2D eigenvalue weighted by Gasteiger charge is 2.18. The minimum atomic E-state index is -0.853. The zero-order valence-corrected chi connectivity index (χ0v) is 37.4. The van der Waals surface area contributed by atoms with Gasteiger partial charge < -0.3 is 20.3 Å². The molecule has 0 radical (unpaired) electrons. The number of hydrogen-bond acceptors (Lipinski definition) is 5. The first-order valence-electron chi connectivity index (χ1n) is 24.6. The van der Waals surface area contributed by atoms with Crippen LogP contribution >= 0.6 is 0 Å². The van der Waals surface area contributed by atoms with Crippen molar-refractivity contribution in [1.29, 1.82) is 0 Å². The van der Waals surface area contributed by atoms with Gasteiger partial charge in [-0.15, -0.1) is 0 Å². The Morgan fingerprint density at radius 3 is 1.27 bits per heavy atom. The molecule has 2 atom stereocenters. The van der Waals surface area contributed by atoms with Crippen LogP contribution in [0.15, 0.2) is 24.3 Å². The molecule has 0 heterocycles. The maximum Gasteiger partial charge on any atom is 0.305 e. The number of carbonyl (C=O) groups is 2. The molecule has 0 aliphatic carbocycles. The lowest BCUT2D eigenvalue weighted by atomic mass is 10.0. The van der Waals surface area contributed by atoms with Crippen molar-refractivity contribution in [3.05, 3.63) is 24.3 Å². The van der Waals surface area contributed by atoms with Crippen molar-refractivity contribution >= 4 is 11.9 Å². The molecule has 330 valence electrons. The van der Waals surface area contributed by atoms with Crippen molar-refractivity contribution < 1.29 is 24.5 Å². The second kappa shape index (κ2) is 46.0. The van der Waals surface area contributed by atoms with Gasteiger partial charge in [-0.25, -0.2) is 0 Å². The van der Waals surface area contributed by atoms with Gasteiger partial charge in [0.2, 0.25) is 5.91 Å². The van der Waals surface area contributed by atoms with Crippen molar-refractivity contribution in [1.82, 2.24) is 5.32 Å². The Morgan fingerprint density at radius 2 is 0.839 bits per heavy atom. The molecular weight excluding hydrogens is 695 g/mol. The third-order valence-corrected chi connectivity index (χ3v) is 11.2. The van der Waals surface area contributed by atoms with Crippen molar-refractivity contribution in [2.45, 2.75) is 270 Å². The first-order chi connectivity index (χ1) is 27.5. The van der Waals surface area contributed by atoms with Gasteiger partial charge in [0.1, 0.15) is 0 Å². The van der Waals surface area contributed by atoms with Gasteiger partial charge in [-0.1, -0.05) is 212 Å². The standard InChI is InChI=1S/C50H95NO5/c1-3-5-7-9-11-13-15-17-18-19-24-28-32-36-40-44-50(55)56-45-41-37-33-29-25-21-20-23-27-31-35-39-43-49(54)51-47(46-52)48(53)42-38-34-30-26-22-16-14-12-10-8-6-4-2/h17-18,38,42,47-48,52-53H,3-16,19-37,39-41,43-46H2,1-2H3,(H,51,54)/b18-17-,42-38+. The summed E-state index contributed by atoms with van der Waals surface area (Å²) in [6, 6.07) is -0.638. The van der Waals surface area contributed by atoms with Crippen LogP contribution in [-0.2, 0) is 14.3 Å². The highest BCUT2D eigenvalue weighted by atomic mass is 16.5. The topological polar surface area (TPSA) is 95.9 Å². The number of hydrogen-bond donors (Lipinski definition) is 3. The Kier molecular flexibility index (Phi) is 44.7. The van der Waals surface area contributed by atoms with Crippen LogP contribution in [0.3, 0.4) is 0 Å². The molecule has 0 aromatic heterocycles. The monoisotopic (exact) mass is 790 g/mol. The predicted octanol–water partition coefficient (Wildman–Crippen LogP) is 14.3. The maximum absolute atomic E-state index is 12.4. The molecule has 0 rings (SSSR count). The van der Waals surface area contributed by atoms with Crippen molar-refractivity contribution in [2.75, 3.05) is 13.2 Å². The molecule has 0 spiro atoms. The van der Waals surface area contributed by atoms with Crippen LogP contribution in [0.1, 0.15) is 258 Å². The van der Waals surface area contributed by atoms with Gasteiger partial charge in [-0.05, 0) is 57.8 Å². The number of amides is 1. The number of unbranched alkanes of at least 4 members (excludes halogenated alkanes) is 32. The summed E-state index contributed by atoms with van der Waals surface area (Å²) in [6.45, 7) is 4.84. The molecule has 0 aromatic rings. The Balaban J connectivity index is 3.49. The number of carbonyl (C=O) groups excluding carboxylic acids is 2. The Morgan fingerprint density at radius 1 is 0.482 bits per heavy atom. The minimum absolute atomic E-state index is 0.0193. The third-order valence-electron chi connectivity index (χ3n) is 11.2. The van der Waals surface area contributed by atoms with E-state index in [1.165, 1.54) is 173 Å². The highest BCUT2D eigenvalue weighted by Crippen LogP contribution is 2.15. The number of nitrogens with one attached hydrogen (secondary N) is 1. The lowest BCUT2D eigenvalue weighted by molar-refractivity contribution is -0.143. The largest absolute Gasteiger partial charge is 0.466 e. The van der Waals surface area contributed by atoms with E-state index in [9.17, 15) is 19.8 Å². The van der Waals surface area contributed by atoms with Crippen LogP contribution in [0, 0.1) is 0 Å². The summed E-state index contributed by atoms with van der Waals surface area (Å²) in [6.07, 6.45) is 53.1. The van der Waals surface area contributed by atoms with Crippen LogP contribution in [-0.4, -0.2) is 47.4 Å². The number of aliphatic hydroxyl groups excluding tert-OH is 2. The molecule has 0 aliphatic heterocycles. The normalized spacial score (nSPS) is 12.9. The molecule has 0 bridgehead atoms. The van der Waals surface area contributed by atoms with Gasteiger partial charge in [-0.2, -0.15) is 0 Å². The zero-order valence-electron chi connectivity index (χ0n) is 37.4. The van der Waals surface area contributed by atoms with E-state index < -0.39 is 12.1 Å². The summed E-state index contributed by atoms with van der Waals surface area (Å²) in [4.78, 5) is 24.4. The number of allylic oxidation sites excluding steroid dienone is 3. The smallest absolute Gasteiger partial charge is 0.305 e. The summed E-state index contributed by atoms with van der Waals surface area (Å²) in [5, 5.41) is 23.0. The van der Waals surface area contributed by atoms with E-state index in [1.54, 1.807) is 6.08 Å². The lowest BCUT2D eigenvalue weighted by Gasteiger charge is -2.20. The van der Waals surface area contributed by atoms with Crippen LogP contribution in [0.4, 0.5) is 0 Å². The van der Waals surface area contributed by atoms with Gasteiger partial charge in [0.05, 0.1) is 25.4 Å². The summed E-state index contributed by atoms with van der Waals surface area (Å²) in [5.41, 5.74) is 0. The van der Waals surface area contributed by atoms with E-state index in [4.69, 9.17) is 4.74 Å². The molecule has 6 heteroatoms. The Labute approximate surface area is 348 Å². The molecular formula is C50H95NO5. The number of esters is 1. The van der Waals surface area contributed by atoms with Gasteiger partial charge >= 0.3 is 5.97 Å². The van der Waals surface area contributed by atoms with Crippen molar-refractivity contribution in [3.63, 3.8) is 0 Å². The molecule has 0 saturated carbocycles. The Bertz CT molecular complexity index is 874. The van der Waals surface area contributed by atoms with E-state index in [2.05, 4.69) is 31.3 Å². The quantitative estimate of drug-likeness (QED) is 0.0324. The lowest BCUT2D eigenvalue weighted by Crippen LogP contribution is -2.45. The summed E-state index contributed by atoms with van der Waals surface area (Å²) < 4.78 is 5.45. The minimum Gasteiger partial charge on any atom is -0.466 e. The summed E-state index contributed by atoms with van der Waals surface area (Å²) in [7, 11) is 0. The molecule has 0 fully saturated rings. The molecule has 0 aromatic carbocycles. The molecule has 2 unspecified atom stereocenters. The van der Waals surface area contributed by atoms with Crippen LogP contribution in [0.2, 0.25) is 0 Å². The van der Waals surface area contributed by atoms with Gasteiger partial charge in [0.25, 0.3) is 0 Å². The van der Waals surface area contributed by atoms with Gasteiger partial charge in [0.15, 0.2) is 0 Å². The average molecular weight is 790 g/mol. The molecule has 6 nitrogen and oxygen atoms in total. The van der Waals surface area contributed by atoms with E-state index in [1.807, 2.05) is 6.08 Å². The van der Waals surface area contributed by atoms with E-state index in [0.717, 1.165) is 57.8 Å². The second-order valence-corrected chi connectivity index (χ2v) is 16.8. The summed E-state index contributed by atoms with van der Waals surface area (Å²) in [5.74, 6) is -0.104. The predicted molar refractivity (Wildman–Crippen MR) is 241 cm³/mol. The van der Waals surface area contributed by atoms with Gasteiger partial charge in [-0.3, -0.25) is 9.59 Å². The fraction of sp³-hybridized carbons (Fsp3) is 0.880. The zero-order chi connectivity index (χ0) is 40.8. The van der Waals surface area contributed by atoms with Crippen LogP contribution in [0.5, 0.6) is 0 Å². The number of aliphatic hydroxyl groups is 2. The second-order valence-electron chi connectivity index (χ2n) is 16.8.